The van der Waals surface area contributed by atoms with E-state index in [0.717, 1.165) is 27.5 Å². The number of likely N-dealkylation sites (tertiary alicyclic amines) is 1. The summed E-state index contributed by atoms with van der Waals surface area (Å²) < 4.78 is 42.2. The molecule has 9 nitrogen and oxygen atoms in total. The number of carbonyl (C=O) groups excluding carboxylic acids is 3. The molecule has 2 heterocycles. The predicted molar refractivity (Wildman–Crippen MR) is 119 cm³/mol. The van der Waals surface area contributed by atoms with E-state index in [0.29, 0.717) is 5.75 Å². The van der Waals surface area contributed by atoms with Gasteiger partial charge >= 0.3 is 18.1 Å². The highest BCUT2D eigenvalue weighted by atomic mass is 32.2. The number of benzene rings is 1. The summed E-state index contributed by atoms with van der Waals surface area (Å²) in [6, 6.07) is 5.28. The molecular formula is C22H27F3N2O7S. The maximum Gasteiger partial charge on any atom is 0.490 e. The minimum absolute atomic E-state index is 0.288. The minimum atomic E-state index is -5.08. The zero-order valence-corrected chi connectivity index (χ0v) is 20.6. The number of ether oxygens (including phenoxy) is 2. The molecule has 2 aliphatic rings. The van der Waals surface area contributed by atoms with Crippen LogP contribution in [0.4, 0.5) is 13.2 Å². The molecule has 0 saturated carbocycles. The smallest absolute Gasteiger partial charge is 0.490 e. The summed E-state index contributed by atoms with van der Waals surface area (Å²) in [6.07, 6.45) is -4.04. The predicted octanol–water partition coefficient (Wildman–Crippen LogP) is 2.64. The van der Waals surface area contributed by atoms with Crippen molar-refractivity contribution in [3.8, 4) is 5.75 Å². The number of thioether (sulfide) groups is 1. The maximum absolute atomic E-state index is 12.8. The van der Waals surface area contributed by atoms with Gasteiger partial charge in [-0.1, -0.05) is 13.0 Å². The van der Waals surface area contributed by atoms with Crippen LogP contribution in [0.15, 0.2) is 23.1 Å². The lowest BCUT2D eigenvalue weighted by Crippen LogP contribution is -2.53. The number of nitrogens with one attached hydrogen (secondary N) is 1. The minimum Gasteiger partial charge on any atom is -0.496 e. The van der Waals surface area contributed by atoms with Crippen LogP contribution < -0.4 is 10.1 Å². The van der Waals surface area contributed by atoms with E-state index in [1.54, 1.807) is 25.8 Å². The van der Waals surface area contributed by atoms with Crippen molar-refractivity contribution >= 4 is 35.5 Å². The molecule has 1 aromatic rings. The fourth-order valence-electron chi connectivity index (χ4n) is 4.18. The zero-order valence-electron chi connectivity index (χ0n) is 19.8. The highest BCUT2D eigenvalue weighted by Gasteiger charge is 2.66. The molecule has 2 aliphatic heterocycles. The van der Waals surface area contributed by atoms with E-state index in [1.165, 1.54) is 14.2 Å². The fraction of sp³-hybridized carbons (Fsp3) is 0.545. The number of imide groups is 1. The Labute approximate surface area is 204 Å². The molecule has 0 radical (unpaired) electrons. The van der Waals surface area contributed by atoms with Crippen molar-refractivity contribution in [2.75, 3.05) is 27.0 Å². The van der Waals surface area contributed by atoms with Crippen molar-refractivity contribution in [1.82, 2.24) is 10.2 Å². The Kier molecular flexibility index (Phi) is 8.82. The average Bonchev–Trinajstić information content (AvgIpc) is 3.25. The molecule has 0 bridgehead atoms. The summed E-state index contributed by atoms with van der Waals surface area (Å²) in [5.74, 6) is -3.74. The number of hydrogen-bond acceptors (Lipinski definition) is 8. The van der Waals surface area contributed by atoms with E-state index < -0.39 is 41.5 Å². The van der Waals surface area contributed by atoms with Crippen LogP contribution in [-0.2, 0) is 23.9 Å². The number of methoxy groups -OCH3 is 2. The Morgan fingerprint density at radius 1 is 1.23 bits per heavy atom. The van der Waals surface area contributed by atoms with Gasteiger partial charge in [-0.05, 0) is 36.8 Å². The SMILES string of the molecule is CCCSc1ccc([C@H]2N[C@@](C)(C(=O)OC)[C@H]3C(=O)N(C)C(=O)[C@@H]23)cc1OC.O=C(O)C(F)(F)F. The highest BCUT2D eigenvalue weighted by molar-refractivity contribution is 7.99. The summed E-state index contributed by atoms with van der Waals surface area (Å²) >= 11 is 1.70. The maximum atomic E-state index is 12.8. The van der Waals surface area contributed by atoms with Gasteiger partial charge in [0.2, 0.25) is 11.8 Å². The summed E-state index contributed by atoms with van der Waals surface area (Å²) in [6.45, 7) is 3.74. The molecule has 1 aromatic carbocycles. The second-order valence-electron chi connectivity index (χ2n) is 8.12. The number of carbonyl (C=O) groups is 4. The van der Waals surface area contributed by atoms with Crippen molar-refractivity contribution in [2.45, 2.75) is 42.9 Å². The second-order valence-corrected chi connectivity index (χ2v) is 9.25. The number of nitrogens with zero attached hydrogens (tertiary/aromatic N) is 1. The number of aliphatic carboxylic acids is 1. The quantitative estimate of drug-likeness (QED) is 0.331. The lowest BCUT2D eigenvalue weighted by Gasteiger charge is -2.28. The fourth-order valence-corrected chi connectivity index (χ4v) is 5.05. The van der Waals surface area contributed by atoms with E-state index in [9.17, 15) is 27.6 Å². The van der Waals surface area contributed by atoms with Gasteiger partial charge in [-0.15, -0.1) is 11.8 Å². The Balaban J connectivity index is 0.000000540. The van der Waals surface area contributed by atoms with Crippen molar-refractivity contribution in [2.24, 2.45) is 11.8 Å². The van der Waals surface area contributed by atoms with Gasteiger partial charge in [0.05, 0.1) is 26.1 Å². The number of carboxylic acid groups (broad SMARTS) is 1. The molecular weight excluding hydrogens is 493 g/mol. The van der Waals surface area contributed by atoms with E-state index in [-0.39, 0.29) is 11.8 Å². The Bertz CT molecular complexity index is 1000. The summed E-state index contributed by atoms with van der Waals surface area (Å²) in [5.41, 5.74) is -0.471. The van der Waals surface area contributed by atoms with Gasteiger partial charge in [0, 0.05) is 18.0 Å². The third-order valence-corrected chi connectivity index (χ3v) is 7.13. The summed E-state index contributed by atoms with van der Waals surface area (Å²) in [4.78, 5) is 49.1. The monoisotopic (exact) mass is 520 g/mol. The number of halogens is 3. The molecule has 2 saturated heterocycles. The third-order valence-electron chi connectivity index (χ3n) is 5.87. The molecule has 3 rings (SSSR count). The van der Waals surface area contributed by atoms with E-state index in [1.807, 2.05) is 18.2 Å². The second kappa shape index (κ2) is 10.9. The van der Waals surface area contributed by atoms with Crippen LogP contribution in [-0.4, -0.2) is 72.5 Å². The van der Waals surface area contributed by atoms with E-state index in [4.69, 9.17) is 19.4 Å². The number of esters is 1. The molecule has 0 aromatic heterocycles. The molecule has 194 valence electrons. The first kappa shape index (κ1) is 28.4. The number of rotatable bonds is 6. The van der Waals surface area contributed by atoms with Gasteiger partial charge in [-0.2, -0.15) is 13.2 Å². The number of amides is 2. The molecule has 2 N–H and O–H groups in total. The van der Waals surface area contributed by atoms with Gasteiger partial charge in [-0.25, -0.2) is 4.79 Å². The van der Waals surface area contributed by atoms with Crippen LogP contribution in [0.25, 0.3) is 0 Å². The zero-order chi connectivity index (χ0) is 26.7. The molecule has 2 amide bonds. The summed E-state index contributed by atoms with van der Waals surface area (Å²) in [7, 11) is 4.35. The Hall–Kier alpha value is -2.80. The van der Waals surface area contributed by atoms with Gasteiger partial charge < -0.3 is 14.6 Å². The normalized spacial score (nSPS) is 25.6. The van der Waals surface area contributed by atoms with E-state index in [2.05, 4.69) is 12.2 Å². The topological polar surface area (TPSA) is 122 Å². The molecule has 0 spiro atoms. The van der Waals surface area contributed by atoms with Crippen LogP contribution in [0, 0.1) is 11.8 Å². The first-order valence-corrected chi connectivity index (χ1v) is 11.5. The van der Waals surface area contributed by atoms with Crippen LogP contribution >= 0.6 is 11.8 Å². The molecule has 13 heteroatoms. The highest BCUT2D eigenvalue weighted by Crippen LogP contribution is 2.49. The lowest BCUT2D eigenvalue weighted by molar-refractivity contribution is -0.192. The lowest BCUT2D eigenvalue weighted by atomic mass is 9.80. The van der Waals surface area contributed by atoms with Crippen molar-refractivity contribution in [1.29, 1.82) is 0 Å². The number of fused-ring (bicyclic) bond motifs is 1. The average molecular weight is 521 g/mol. The molecule has 35 heavy (non-hydrogen) atoms. The van der Waals surface area contributed by atoms with Gasteiger partial charge in [-0.3, -0.25) is 24.6 Å². The van der Waals surface area contributed by atoms with Gasteiger partial charge in [0.1, 0.15) is 11.3 Å². The van der Waals surface area contributed by atoms with E-state index >= 15 is 0 Å². The number of hydrogen-bond donors (Lipinski definition) is 2. The van der Waals surface area contributed by atoms with Crippen LogP contribution in [0.1, 0.15) is 31.9 Å². The third kappa shape index (κ3) is 5.56. The molecule has 0 aliphatic carbocycles. The van der Waals surface area contributed by atoms with Crippen LogP contribution in [0.2, 0.25) is 0 Å². The first-order chi connectivity index (χ1) is 16.2. The molecule has 0 unspecified atom stereocenters. The first-order valence-electron chi connectivity index (χ1n) is 10.5. The van der Waals surface area contributed by atoms with Crippen molar-refractivity contribution in [3.05, 3.63) is 23.8 Å². The van der Waals surface area contributed by atoms with Crippen LogP contribution in [0.3, 0.4) is 0 Å². The van der Waals surface area contributed by atoms with Crippen molar-refractivity contribution in [3.63, 3.8) is 0 Å². The van der Waals surface area contributed by atoms with Gasteiger partial charge in [0.15, 0.2) is 0 Å². The Morgan fingerprint density at radius 3 is 2.31 bits per heavy atom. The van der Waals surface area contributed by atoms with Crippen molar-refractivity contribution < 1.29 is 46.9 Å². The Morgan fingerprint density at radius 2 is 1.83 bits per heavy atom. The van der Waals surface area contributed by atoms with Crippen LogP contribution in [0.5, 0.6) is 5.75 Å². The number of carboxylic acids is 1. The standard InChI is InChI=1S/C20H26N2O5S.C2HF3O2/c1-6-9-28-13-8-7-11(10-12(13)26-4)16-14-15(18(24)22(3)17(14)23)20(2,21-16)19(25)27-5;3-2(4,5)1(6)7/h7-8,10,14-16,21H,6,9H2,1-5H3;(H,6,7)/t14-,15-,16-,20-;/m1./s1. The summed E-state index contributed by atoms with van der Waals surface area (Å²) in [5, 5.41) is 10.4. The molecule has 4 atom stereocenters. The van der Waals surface area contributed by atoms with Gasteiger partial charge in [0.25, 0.3) is 0 Å². The molecule has 2 fully saturated rings. The largest absolute Gasteiger partial charge is 0.496 e. The number of alkyl halides is 3.